The average molecular weight is 504 g/mol. The highest BCUT2D eigenvalue weighted by atomic mass is 32.2. The highest BCUT2D eigenvalue weighted by molar-refractivity contribution is 7.99. The van der Waals surface area contributed by atoms with Crippen LogP contribution in [0.4, 0.5) is 11.4 Å². The third-order valence-corrected chi connectivity index (χ3v) is 7.76. The maximum Gasteiger partial charge on any atom is 0.240 e. The third kappa shape index (κ3) is 6.29. The zero-order valence-electron chi connectivity index (χ0n) is 19.0. The fourth-order valence-corrected chi connectivity index (χ4v) is 5.36. The van der Waals surface area contributed by atoms with E-state index in [0.29, 0.717) is 22.7 Å². The zero-order valence-corrected chi connectivity index (χ0v) is 20.7. The lowest BCUT2D eigenvalue weighted by molar-refractivity contribution is -0.113. The second kappa shape index (κ2) is 11.2. The van der Waals surface area contributed by atoms with Crippen LogP contribution in [0.2, 0.25) is 0 Å². The lowest BCUT2D eigenvalue weighted by Crippen LogP contribution is -2.36. The van der Waals surface area contributed by atoms with Crippen LogP contribution in [-0.2, 0) is 19.6 Å². The number of carbonyl (C=O) groups is 1. The van der Waals surface area contributed by atoms with Crippen LogP contribution in [0.3, 0.4) is 0 Å². The first kappa shape index (κ1) is 24.5. The van der Waals surface area contributed by atoms with E-state index in [1.165, 1.54) is 11.8 Å². The standard InChI is InChI=1S/C23H29N5O4S2/c1-2-3-10-24-34(30,31)19-8-9-20-21(15-19)27-23(26-20)33-16-22(29)25-17-4-6-18(7-5-17)28-11-13-32-14-12-28/h4-9,15,24H,2-3,10-14,16H2,1H3,(H,25,29)(H,26,27). The quantitative estimate of drug-likeness (QED) is 0.287. The smallest absolute Gasteiger partial charge is 0.240 e. The molecule has 1 saturated heterocycles. The van der Waals surface area contributed by atoms with E-state index < -0.39 is 10.0 Å². The van der Waals surface area contributed by atoms with Gasteiger partial charge in [0.05, 0.1) is 34.9 Å². The summed E-state index contributed by atoms with van der Waals surface area (Å²) < 4.78 is 32.9. The van der Waals surface area contributed by atoms with E-state index >= 15 is 0 Å². The highest BCUT2D eigenvalue weighted by Crippen LogP contribution is 2.23. The topological polar surface area (TPSA) is 116 Å². The lowest BCUT2D eigenvalue weighted by Gasteiger charge is -2.28. The van der Waals surface area contributed by atoms with Crippen molar-refractivity contribution in [3.05, 3.63) is 42.5 Å². The molecule has 1 fully saturated rings. The summed E-state index contributed by atoms with van der Waals surface area (Å²) in [6, 6.07) is 12.6. The van der Waals surface area contributed by atoms with Gasteiger partial charge in [0.25, 0.3) is 0 Å². The molecule has 0 bridgehead atoms. The molecule has 9 nitrogen and oxygen atoms in total. The summed E-state index contributed by atoms with van der Waals surface area (Å²) in [5.41, 5.74) is 3.10. The molecule has 1 aliphatic heterocycles. The number of morpholine rings is 1. The van der Waals surface area contributed by atoms with Gasteiger partial charge in [-0.05, 0) is 48.9 Å². The van der Waals surface area contributed by atoms with Crippen LogP contribution in [0.15, 0.2) is 52.5 Å². The van der Waals surface area contributed by atoms with Crippen LogP contribution < -0.4 is 14.9 Å². The lowest BCUT2D eigenvalue weighted by atomic mass is 10.2. The number of benzene rings is 2. The molecule has 0 radical (unpaired) electrons. The molecule has 1 amide bonds. The number of carbonyl (C=O) groups excluding carboxylic acids is 1. The summed E-state index contributed by atoms with van der Waals surface area (Å²) in [4.78, 5) is 22.4. The zero-order chi connectivity index (χ0) is 24.0. The van der Waals surface area contributed by atoms with Crippen LogP contribution in [-0.4, -0.2) is 62.9 Å². The fraction of sp³-hybridized carbons (Fsp3) is 0.391. The average Bonchev–Trinajstić information content (AvgIpc) is 3.26. The maximum absolute atomic E-state index is 12.4. The number of ether oxygens (including phenoxy) is 1. The first-order chi connectivity index (χ1) is 16.4. The van der Waals surface area contributed by atoms with Crippen molar-refractivity contribution in [2.45, 2.75) is 29.8 Å². The number of hydrogen-bond donors (Lipinski definition) is 3. The molecule has 1 aliphatic rings. The van der Waals surface area contributed by atoms with Crippen molar-refractivity contribution < 1.29 is 17.9 Å². The number of fused-ring (bicyclic) bond motifs is 1. The summed E-state index contributed by atoms with van der Waals surface area (Å²) in [5.74, 6) is 0.0300. The number of anilines is 2. The molecule has 34 heavy (non-hydrogen) atoms. The van der Waals surface area contributed by atoms with Crippen molar-refractivity contribution in [3.63, 3.8) is 0 Å². The number of amides is 1. The summed E-state index contributed by atoms with van der Waals surface area (Å²) in [5, 5.41) is 3.45. The normalized spacial score (nSPS) is 14.4. The van der Waals surface area contributed by atoms with Crippen LogP contribution >= 0.6 is 11.8 Å². The van der Waals surface area contributed by atoms with Gasteiger partial charge in [-0.15, -0.1) is 0 Å². The number of aromatic nitrogens is 2. The van der Waals surface area contributed by atoms with Gasteiger partial charge in [0.2, 0.25) is 15.9 Å². The van der Waals surface area contributed by atoms with Crippen molar-refractivity contribution in [2.24, 2.45) is 0 Å². The number of rotatable bonds is 10. The Bertz CT molecular complexity index is 1220. The minimum atomic E-state index is -3.56. The SMILES string of the molecule is CCCCNS(=O)(=O)c1ccc2nc(SCC(=O)Nc3ccc(N4CCOCC4)cc3)[nH]c2c1. The van der Waals surface area contributed by atoms with Gasteiger partial charge in [-0.2, -0.15) is 0 Å². The molecule has 182 valence electrons. The van der Waals surface area contributed by atoms with Gasteiger partial charge in [-0.25, -0.2) is 18.1 Å². The van der Waals surface area contributed by atoms with Crippen LogP contribution in [0.1, 0.15) is 19.8 Å². The van der Waals surface area contributed by atoms with Crippen LogP contribution in [0, 0.1) is 0 Å². The Hall–Kier alpha value is -2.60. The molecule has 0 spiro atoms. The molecule has 2 heterocycles. The molecular formula is C23H29N5O4S2. The van der Waals surface area contributed by atoms with E-state index in [9.17, 15) is 13.2 Å². The molecule has 0 saturated carbocycles. The Labute approximate surface area is 203 Å². The summed E-state index contributed by atoms with van der Waals surface area (Å²) in [6.45, 7) is 5.60. The van der Waals surface area contributed by atoms with Crippen molar-refractivity contribution >= 4 is 50.1 Å². The van der Waals surface area contributed by atoms with Gasteiger partial charge in [0.1, 0.15) is 0 Å². The Morgan fingerprint density at radius 1 is 1.18 bits per heavy atom. The predicted octanol–water partition coefficient (Wildman–Crippen LogP) is 3.21. The Balaban J connectivity index is 1.32. The second-order valence-corrected chi connectivity index (χ2v) is 10.7. The van der Waals surface area contributed by atoms with Gasteiger partial charge in [0.15, 0.2) is 5.16 Å². The number of sulfonamides is 1. The molecule has 1 aromatic heterocycles. The number of thioether (sulfide) groups is 1. The van der Waals surface area contributed by atoms with Gasteiger partial charge < -0.3 is 19.9 Å². The molecule has 2 aromatic carbocycles. The molecular weight excluding hydrogens is 474 g/mol. The predicted molar refractivity (Wildman–Crippen MR) is 135 cm³/mol. The van der Waals surface area contributed by atoms with Gasteiger partial charge in [0, 0.05) is 31.0 Å². The van der Waals surface area contributed by atoms with E-state index in [4.69, 9.17) is 4.74 Å². The Morgan fingerprint density at radius 2 is 1.94 bits per heavy atom. The van der Waals surface area contributed by atoms with Gasteiger partial charge in [-0.3, -0.25) is 4.79 Å². The molecule has 0 unspecified atom stereocenters. The summed E-state index contributed by atoms with van der Waals surface area (Å²) >= 11 is 1.26. The molecule has 3 N–H and O–H groups in total. The molecule has 11 heteroatoms. The number of hydrogen-bond acceptors (Lipinski definition) is 7. The minimum absolute atomic E-state index is 0.145. The first-order valence-electron chi connectivity index (χ1n) is 11.3. The largest absolute Gasteiger partial charge is 0.378 e. The van der Waals surface area contributed by atoms with Crippen molar-refractivity contribution in [1.82, 2.24) is 14.7 Å². The van der Waals surface area contributed by atoms with Gasteiger partial charge in [-0.1, -0.05) is 25.1 Å². The Morgan fingerprint density at radius 3 is 2.68 bits per heavy atom. The molecule has 0 atom stereocenters. The number of nitrogens with one attached hydrogen (secondary N) is 3. The number of imidazole rings is 1. The number of H-pyrrole nitrogens is 1. The van der Waals surface area contributed by atoms with Crippen molar-refractivity contribution in [1.29, 1.82) is 0 Å². The summed E-state index contributed by atoms with van der Waals surface area (Å²) in [7, 11) is -3.56. The van der Waals surface area contributed by atoms with Crippen molar-refractivity contribution in [3.8, 4) is 0 Å². The molecule has 3 aromatic rings. The van der Waals surface area contributed by atoms with E-state index in [1.54, 1.807) is 18.2 Å². The van der Waals surface area contributed by atoms with E-state index in [2.05, 4.69) is 24.9 Å². The number of unbranched alkanes of at least 4 members (excludes halogenated alkanes) is 1. The number of nitrogens with zero attached hydrogens (tertiary/aromatic N) is 2. The highest BCUT2D eigenvalue weighted by Gasteiger charge is 2.16. The molecule has 0 aliphatic carbocycles. The van der Waals surface area contributed by atoms with Crippen LogP contribution in [0.5, 0.6) is 0 Å². The monoisotopic (exact) mass is 503 g/mol. The first-order valence-corrected chi connectivity index (χ1v) is 13.8. The summed E-state index contributed by atoms with van der Waals surface area (Å²) in [6.07, 6.45) is 1.70. The maximum atomic E-state index is 12.4. The third-order valence-electron chi connectivity index (χ3n) is 5.43. The fourth-order valence-electron chi connectivity index (χ4n) is 3.58. The minimum Gasteiger partial charge on any atom is -0.378 e. The molecule has 4 rings (SSSR count). The second-order valence-electron chi connectivity index (χ2n) is 7.96. The van der Waals surface area contributed by atoms with Gasteiger partial charge >= 0.3 is 0 Å². The van der Waals surface area contributed by atoms with Crippen molar-refractivity contribution in [2.75, 3.05) is 48.8 Å². The van der Waals surface area contributed by atoms with E-state index in [-0.39, 0.29) is 16.6 Å². The van der Waals surface area contributed by atoms with Crippen LogP contribution in [0.25, 0.3) is 11.0 Å². The Kier molecular flexibility index (Phi) is 8.09. The van der Waals surface area contributed by atoms with E-state index in [1.807, 2.05) is 31.2 Å². The number of aromatic amines is 1. The van der Waals surface area contributed by atoms with E-state index in [0.717, 1.165) is 50.5 Å².